The number of carboxylic acids is 1. The van der Waals surface area contributed by atoms with Crippen molar-refractivity contribution in [3.8, 4) is 28.3 Å². The van der Waals surface area contributed by atoms with Gasteiger partial charge in [-0.3, -0.25) is 14.4 Å². The van der Waals surface area contributed by atoms with Crippen LogP contribution in [-0.2, 0) is 21.4 Å². The van der Waals surface area contributed by atoms with E-state index in [4.69, 9.17) is 9.84 Å². The van der Waals surface area contributed by atoms with Gasteiger partial charge in [0.25, 0.3) is 5.91 Å². The van der Waals surface area contributed by atoms with Crippen LogP contribution >= 0.6 is 0 Å². The minimum absolute atomic E-state index is 0.0803. The first-order valence-electron chi connectivity index (χ1n) is 14.8. The Labute approximate surface area is 270 Å². The third-order valence-corrected chi connectivity index (χ3v) is 7.17. The van der Waals surface area contributed by atoms with Gasteiger partial charge >= 0.3 is 12.1 Å². The molecule has 2 amide bonds. The second kappa shape index (κ2) is 14.9. The fraction of sp³-hybridized carbons (Fsp3) is 0.286. The highest BCUT2D eigenvalue weighted by molar-refractivity contribution is 5.97. The number of hydrogen-bond donors (Lipinski definition) is 3. The third-order valence-electron chi connectivity index (χ3n) is 7.17. The van der Waals surface area contributed by atoms with Gasteiger partial charge in [-0.25, -0.2) is 9.97 Å². The summed E-state index contributed by atoms with van der Waals surface area (Å²) in [5.74, 6) is -1.47. The van der Waals surface area contributed by atoms with Crippen LogP contribution in [0, 0.1) is 0 Å². The number of nitrogens with one attached hydrogen (secondary N) is 2. The highest BCUT2D eigenvalue weighted by Crippen LogP contribution is 2.25. The van der Waals surface area contributed by atoms with Crippen molar-refractivity contribution in [1.82, 2.24) is 20.6 Å². The first kappa shape index (κ1) is 34.6. The number of hydrogen-bond acceptors (Lipinski definition) is 6. The molecular weight excluding hydrogens is 613 g/mol. The van der Waals surface area contributed by atoms with E-state index in [-0.39, 0.29) is 30.6 Å². The average Bonchev–Trinajstić information content (AvgIpc) is 3.03. The maximum atomic E-state index is 13.1. The second-order valence-electron chi connectivity index (χ2n) is 11.9. The number of aromatic nitrogens is 2. The number of carbonyl (C=O) groups excluding carboxylic acids is 2. The van der Waals surface area contributed by atoms with E-state index in [0.717, 1.165) is 11.1 Å². The molecule has 9 nitrogen and oxygen atoms in total. The molecule has 47 heavy (non-hydrogen) atoms. The zero-order valence-electron chi connectivity index (χ0n) is 26.1. The van der Waals surface area contributed by atoms with Crippen LogP contribution in [0.1, 0.15) is 48.7 Å². The molecule has 1 heterocycles. The predicted molar refractivity (Wildman–Crippen MR) is 170 cm³/mol. The van der Waals surface area contributed by atoms with Gasteiger partial charge in [0.15, 0.2) is 12.4 Å². The molecule has 0 fully saturated rings. The lowest BCUT2D eigenvalue weighted by Crippen LogP contribution is -2.48. The van der Waals surface area contributed by atoms with Gasteiger partial charge in [0.05, 0.1) is 6.42 Å². The van der Waals surface area contributed by atoms with E-state index in [9.17, 15) is 27.6 Å². The van der Waals surface area contributed by atoms with Crippen LogP contribution in [0.15, 0.2) is 85.2 Å². The van der Waals surface area contributed by atoms with Crippen molar-refractivity contribution in [2.45, 2.75) is 51.2 Å². The number of carboxylic acid groups (broad SMARTS) is 1. The van der Waals surface area contributed by atoms with Crippen molar-refractivity contribution in [2.24, 2.45) is 0 Å². The maximum absolute atomic E-state index is 13.1. The van der Waals surface area contributed by atoms with Crippen molar-refractivity contribution in [1.29, 1.82) is 0 Å². The summed E-state index contributed by atoms with van der Waals surface area (Å²) in [5, 5.41) is 14.3. The Hall–Kier alpha value is -5.26. The summed E-state index contributed by atoms with van der Waals surface area (Å²) in [7, 11) is 0. The fourth-order valence-electron chi connectivity index (χ4n) is 4.55. The Bertz CT molecular complexity index is 1670. The Morgan fingerprint density at radius 3 is 1.98 bits per heavy atom. The molecular formula is C35H35F3N4O5. The average molecular weight is 649 g/mol. The van der Waals surface area contributed by atoms with Gasteiger partial charge in [-0.1, -0.05) is 69.3 Å². The van der Waals surface area contributed by atoms with E-state index in [1.807, 2.05) is 12.1 Å². The van der Waals surface area contributed by atoms with Crippen molar-refractivity contribution in [3.05, 3.63) is 102 Å². The van der Waals surface area contributed by atoms with Gasteiger partial charge in [-0.15, -0.1) is 0 Å². The van der Waals surface area contributed by atoms with E-state index in [1.54, 1.807) is 60.9 Å². The molecule has 4 rings (SSSR count). The quantitative estimate of drug-likeness (QED) is 0.172. The van der Waals surface area contributed by atoms with E-state index in [0.29, 0.717) is 28.1 Å². The largest absolute Gasteiger partial charge is 0.484 e. The number of ether oxygens (including phenoxy) is 1. The maximum Gasteiger partial charge on any atom is 0.422 e. The van der Waals surface area contributed by atoms with E-state index in [1.165, 1.54) is 12.1 Å². The van der Waals surface area contributed by atoms with Gasteiger partial charge in [-0.2, -0.15) is 13.2 Å². The van der Waals surface area contributed by atoms with Crippen LogP contribution in [0.4, 0.5) is 13.2 Å². The van der Waals surface area contributed by atoms with Crippen LogP contribution in [0.25, 0.3) is 22.5 Å². The summed E-state index contributed by atoms with van der Waals surface area (Å²) in [5.41, 5.74) is 4.15. The molecule has 12 heteroatoms. The number of benzene rings is 3. The molecule has 0 spiro atoms. The highest BCUT2D eigenvalue weighted by atomic mass is 19.4. The zero-order chi connectivity index (χ0) is 34.2. The lowest BCUT2D eigenvalue weighted by Gasteiger charge is -2.20. The summed E-state index contributed by atoms with van der Waals surface area (Å²) in [6.45, 7) is 4.75. The van der Waals surface area contributed by atoms with Crippen molar-refractivity contribution in [3.63, 3.8) is 0 Å². The normalized spacial score (nSPS) is 12.2. The SMILES string of the molecule is CC(C)(C)c1ccc(C(=O)N[C@@H](Cc2ccc(-c3ncc(-c4ccc(OCC(F)(F)F)cc4)cn3)cc2)C(=O)NCCC(=O)O)cc1. The Morgan fingerprint density at radius 1 is 0.830 bits per heavy atom. The Morgan fingerprint density at radius 2 is 1.43 bits per heavy atom. The van der Waals surface area contributed by atoms with Crippen molar-refractivity contribution >= 4 is 17.8 Å². The molecule has 0 saturated heterocycles. The molecule has 0 aliphatic carbocycles. The lowest BCUT2D eigenvalue weighted by molar-refractivity contribution is -0.153. The molecule has 3 N–H and O–H groups in total. The number of rotatable bonds is 12. The minimum Gasteiger partial charge on any atom is -0.484 e. The first-order chi connectivity index (χ1) is 22.2. The van der Waals surface area contributed by atoms with Crippen molar-refractivity contribution in [2.75, 3.05) is 13.2 Å². The van der Waals surface area contributed by atoms with Gasteiger partial charge in [-0.05, 0) is 46.4 Å². The number of aliphatic carboxylic acids is 1. The van der Waals surface area contributed by atoms with Gasteiger partial charge < -0.3 is 20.5 Å². The first-order valence-corrected chi connectivity index (χ1v) is 14.8. The number of nitrogens with zero attached hydrogens (tertiary/aromatic N) is 2. The van der Waals surface area contributed by atoms with Crippen LogP contribution in [0.3, 0.4) is 0 Å². The van der Waals surface area contributed by atoms with Crippen LogP contribution in [-0.4, -0.2) is 58.2 Å². The fourth-order valence-corrected chi connectivity index (χ4v) is 4.55. The van der Waals surface area contributed by atoms with Gasteiger partial charge in [0, 0.05) is 42.0 Å². The third kappa shape index (κ3) is 10.4. The van der Waals surface area contributed by atoms with Crippen LogP contribution in [0.5, 0.6) is 5.75 Å². The minimum atomic E-state index is -4.42. The van der Waals surface area contributed by atoms with E-state index < -0.39 is 36.6 Å². The molecule has 0 aliphatic rings. The Balaban J connectivity index is 1.43. The summed E-state index contributed by atoms with van der Waals surface area (Å²) in [6, 6.07) is 19.4. The monoisotopic (exact) mass is 648 g/mol. The van der Waals surface area contributed by atoms with Gasteiger partial charge in [0.1, 0.15) is 11.8 Å². The summed E-state index contributed by atoms with van der Waals surface area (Å²) >= 11 is 0. The molecule has 0 bridgehead atoms. The summed E-state index contributed by atoms with van der Waals surface area (Å²) < 4.78 is 41.9. The second-order valence-corrected chi connectivity index (χ2v) is 11.9. The molecule has 1 aromatic heterocycles. The number of halogens is 3. The smallest absolute Gasteiger partial charge is 0.422 e. The summed E-state index contributed by atoms with van der Waals surface area (Å²) in [6.07, 6.45) is -1.33. The number of alkyl halides is 3. The number of amides is 2. The molecule has 4 aromatic rings. The van der Waals surface area contributed by atoms with E-state index in [2.05, 4.69) is 41.4 Å². The number of carbonyl (C=O) groups is 3. The molecule has 0 saturated carbocycles. The molecule has 246 valence electrons. The predicted octanol–water partition coefficient (Wildman–Crippen LogP) is 5.98. The topological polar surface area (TPSA) is 131 Å². The molecule has 0 aliphatic heterocycles. The molecule has 0 unspecified atom stereocenters. The molecule has 3 aromatic carbocycles. The highest BCUT2D eigenvalue weighted by Gasteiger charge is 2.28. The molecule has 0 radical (unpaired) electrons. The zero-order valence-corrected chi connectivity index (χ0v) is 26.1. The van der Waals surface area contributed by atoms with Crippen LogP contribution in [0.2, 0.25) is 0 Å². The standard InChI is InChI=1S/C35H35F3N4O5/c1-34(2,3)27-12-8-25(9-13-27)32(45)42-29(33(46)39-17-16-30(43)44)18-22-4-6-24(7-5-22)31-40-19-26(20-41-31)23-10-14-28(15-11-23)47-21-35(36,37)38/h4-15,19-20,29H,16-18,21H2,1-3H3,(H,39,46)(H,42,45)(H,43,44)/t29-/m0/s1. The lowest BCUT2D eigenvalue weighted by atomic mass is 9.86. The Kier molecular flexibility index (Phi) is 11.0. The van der Waals surface area contributed by atoms with Crippen LogP contribution < -0.4 is 15.4 Å². The van der Waals surface area contributed by atoms with Crippen molar-refractivity contribution < 1.29 is 37.4 Å². The summed E-state index contributed by atoms with van der Waals surface area (Å²) in [4.78, 5) is 45.9. The van der Waals surface area contributed by atoms with Gasteiger partial charge in [0.2, 0.25) is 5.91 Å². The molecule has 1 atom stereocenters. The van der Waals surface area contributed by atoms with E-state index >= 15 is 0 Å².